The van der Waals surface area contributed by atoms with Gasteiger partial charge < -0.3 is 14.7 Å². The molecule has 1 aliphatic carbocycles. The fraction of sp³-hybridized carbons (Fsp3) is 0.538. The predicted molar refractivity (Wildman–Crippen MR) is 64.3 cm³/mol. The lowest BCUT2D eigenvalue weighted by Gasteiger charge is -2.35. The van der Waals surface area contributed by atoms with Crippen LogP contribution in [0.2, 0.25) is 0 Å². The summed E-state index contributed by atoms with van der Waals surface area (Å²) in [6, 6.07) is 0. The van der Waals surface area contributed by atoms with E-state index in [1.54, 1.807) is 11.1 Å². The number of carbonyl (C=O) groups excluding carboxylic acids is 2. The van der Waals surface area contributed by atoms with Gasteiger partial charge in [-0.1, -0.05) is 0 Å². The summed E-state index contributed by atoms with van der Waals surface area (Å²) < 4.78 is 4.68. The monoisotopic (exact) mass is 251 g/mol. The number of rotatable bonds is 3. The van der Waals surface area contributed by atoms with Crippen LogP contribution < -0.4 is 0 Å². The Balaban J connectivity index is 2.38. The molecule has 1 fully saturated rings. The summed E-state index contributed by atoms with van der Waals surface area (Å²) in [6.07, 6.45) is 4.00. The van der Waals surface area contributed by atoms with E-state index in [0.29, 0.717) is 0 Å². The second-order valence-corrected chi connectivity index (χ2v) is 4.99. The minimum absolute atomic E-state index is 0.127. The molecule has 5 nitrogen and oxygen atoms in total. The molecule has 0 aromatic carbocycles. The summed E-state index contributed by atoms with van der Waals surface area (Å²) in [5.74, 6) is -0.816. The van der Waals surface area contributed by atoms with Crippen LogP contribution in [-0.2, 0) is 14.3 Å². The van der Waals surface area contributed by atoms with E-state index in [-0.39, 0.29) is 22.5 Å². The van der Waals surface area contributed by atoms with E-state index in [1.807, 2.05) is 6.92 Å². The zero-order chi connectivity index (χ0) is 13.5. The number of aliphatic hydroxyl groups excluding tert-OH is 1. The van der Waals surface area contributed by atoms with Gasteiger partial charge in [0.2, 0.25) is 0 Å². The molecular formula is C13H17NO4. The van der Waals surface area contributed by atoms with Crippen molar-refractivity contribution in [3.8, 4) is 0 Å². The van der Waals surface area contributed by atoms with E-state index < -0.39 is 12.2 Å². The highest BCUT2D eigenvalue weighted by Crippen LogP contribution is 2.44. The Labute approximate surface area is 106 Å². The summed E-state index contributed by atoms with van der Waals surface area (Å²) in [4.78, 5) is 24.9. The maximum atomic E-state index is 11.7. The second-order valence-electron chi connectivity index (χ2n) is 4.99. The van der Waals surface area contributed by atoms with E-state index in [1.165, 1.54) is 20.1 Å². The zero-order valence-corrected chi connectivity index (χ0v) is 10.8. The Hall–Kier alpha value is -1.62. The topological polar surface area (TPSA) is 66.8 Å². The molecular weight excluding hydrogens is 234 g/mol. The van der Waals surface area contributed by atoms with Crippen molar-refractivity contribution in [3.63, 3.8) is 0 Å². The third kappa shape index (κ3) is 2.06. The van der Waals surface area contributed by atoms with Crippen LogP contribution in [0.15, 0.2) is 23.4 Å². The third-order valence-corrected chi connectivity index (χ3v) is 3.54. The Morgan fingerprint density at radius 3 is 2.50 bits per heavy atom. The molecule has 0 amide bonds. The van der Waals surface area contributed by atoms with Gasteiger partial charge in [-0.2, -0.15) is 0 Å². The molecule has 5 heteroatoms. The minimum atomic E-state index is -0.871. The summed E-state index contributed by atoms with van der Waals surface area (Å²) in [7, 11) is 1.27. The number of Topliss-reactive ketones (excluding diaryl/α,β-unsaturated/α-hetero) is 1. The molecule has 1 atom stereocenters. The molecule has 0 saturated heterocycles. The van der Waals surface area contributed by atoms with Crippen LogP contribution >= 0.6 is 0 Å². The van der Waals surface area contributed by atoms with Crippen molar-refractivity contribution in [1.82, 2.24) is 4.90 Å². The summed E-state index contributed by atoms with van der Waals surface area (Å²) in [6.45, 7) is 3.37. The van der Waals surface area contributed by atoms with Crippen LogP contribution in [0.25, 0.3) is 0 Å². The molecule has 2 aliphatic rings. The van der Waals surface area contributed by atoms with Gasteiger partial charge in [-0.3, -0.25) is 4.79 Å². The Morgan fingerprint density at radius 2 is 2.06 bits per heavy atom. The first-order valence-corrected chi connectivity index (χ1v) is 5.89. The summed E-state index contributed by atoms with van der Waals surface area (Å²) in [5, 5.41) is 10.0. The average molecular weight is 251 g/mol. The fourth-order valence-electron chi connectivity index (χ4n) is 2.10. The minimum Gasteiger partial charge on any atom is -0.465 e. The first kappa shape index (κ1) is 12.8. The zero-order valence-electron chi connectivity index (χ0n) is 10.8. The first-order valence-electron chi connectivity index (χ1n) is 5.89. The smallest absolute Gasteiger partial charge is 0.340 e. The summed E-state index contributed by atoms with van der Waals surface area (Å²) >= 11 is 0. The first-order chi connectivity index (χ1) is 8.39. The van der Waals surface area contributed by atoms with E-state index in [9.17, 15) is 14.7 Å². The fourth-order valence-corrected chi connectivity index (χ4v) is 2.10. The molecule has 1 heterocycles. The molecule has 0 spiro atoms. The molecule has 18 heavy (non-hydrogen) atoms. The SMILES string of the molecule is COC(=O)C1=CN(C2(C)CC2)C(O)C=C1C(C)=O. The highest BCUT2D eigenvalue weighted by atomic mass is 16.5. The van der Waals surface area contributed by atoms with Crippen molar-refractivity contribution in [3.05, 3.63) is 23.4 Å². The van der Waals surface area contributed by atoms with Gasteiger partial charge in [0.15, 0.2) is 5.78 Å². The number of hydrogen-bond donors (Lipinski definition) is 1. The number of ether oxygens (including phenoxy) is 1. The van der Waals surface area contributed by atoms with Gasteiger partial charge in [-0.15, -0.1) is 0 Å². The number of methoxy groups -OCH3 is 1. The van der Waals surface area contributed by atoms with Gasteiger partial charge in [0.25, 0.3) is 0 Å². The van der Waals surface area contributed by atoms with Crippen molar-refractivity contribution in [2.45, 2.75) is 38.5 Å². The van der Waals surface area contributed by atoms with E-state index in [2.05, 4.69) is 4.74 Å². The Morgan fingerprint density at radius 1 is 1.44 bits per heavy atom. The standard InChI is InChI=1S/C13H17NO4/c1-8(15)9-6-11(16)14(13(2)4-5-13)7-10(9)12(17)18-3/h6-7,11,16H,4-5H2,1-3H3. The maximum Gasteiger partial charge on any atom is 0.340 e. The molecule has 1 unspecified atom stereocenters. The van der Waals surface area contributed by atoms with Gasteiger partial charge in [-0.25, -0.2) is 4.79 Å². The lowest BCUT2D eigenvalue weighted by atomic mass is 9.98. The molecule has 2 rings (SSSR count). The predicted octanol–water partition coefficient (Wildman–Crippen LogP) is 0.745. The molecule has 0 bridgehead atoms. The molecule has 1 saturated carbocycles. The Bertz CT molecular complexity index is 460. The van der Waals surface area contributed by atoms with Crippen molar-refractivity contribution in [2.24, 2.45) is 0 Å². The number of esters is 1. The second kappa shape index (κ2) is 4.24. The van der Waals surface area contributed by atoms with Gasteiger partial charge >= 0.3 is 5.97 Å². The molecule has 1 N–H and O–H groups in total. The van der Waals surface area contributed by atoms with Gasteiger partial charge in [0, 0.05) is 17.3 Å². The van der Waals surface area contributed by atoms with Crippen LogP contribution in [0.4, 0.5) is 0 Å². The third-order valence-electron chi connectivity index (χ3n) is 3.54. The van der Waals surface area contributed by atoms with Crippen molar-refractivity contribution < 1.29 is 19.4 Å². The van der Waals surface area contributed by atoms with E-state index in [4.69, 9.17) is 0 Å². The van der Waals surface area contributed by atoms with Gasteiger partial charge in [-0.05, 0) is 32.8 Å². The van der Waals surface area contributed by atoms with Crippen molar-refractivity contribution in [1.29, 1.82) is 0 Å². The lowest BCUT2D eigenvalue weighted by molar-refractivity contribution is -0.136. The number of aliphatic hydroxyl groups is 1. The highest BCUT2D eigenvalue weighted by Gasteiger charge is 2.46. The number of ketones is 1. The summed E-state index contributed by atoms with van der Waals surface area (Å²) in [5.41, 5.74) is 0.301. The molecule has 98 valence electrons. The molecule has 0 aromatic rings. The van der Waals surface area contributed by atoms with Crippen LogP contribution in [0, 0.1) is 0 Å². The van der Waals surface area contributed by atoms with Crippen LogP contribution in [-0.4, -0.2) is 40.6 Å². The van der Waals surface area contributed by atoms with Crippen molar-refractivity contribution in [2.75, 3.05) is 7.11 Å². The lowest BCUT2D eigenvalue weighted by Crippen LogP contribution is -2.41. The normalized spacial score (nSPS) is 25.1. The van der Waals surface area contributed by atoms with Gasteiger partial charge in [0.05, 0.1) is 12.7 Å². The highest BCUT2D eigenvalue weighted by molar-refractivity contribution is 6.09. The van der Waals surface area contributed by atoms with Crippen LogP contribution in [0.1, 0.15) is 26.7 Å². The van der Waals surface area contributed by atoms with Crippen molar-refractivity contribution >= 4 is 11.8 Å². The van der Waals surface area contributed by atoms with E-state index >= 15 is 0 Å². The van der Waals surface area contributed by atoms with Crippen LogP contribution in [0.3, 0.4) is 0 Å². The number of nitrogens with zero attached hydrogens (tertiary/aromatic N) is 1. The average Bonchev–Trinajstić information content (AvgIpc) is 3.06. The maximum absolute atomic E-state index is 11.7. The van der Waals surface area contributed by atoms with E-state index in [0.717, 1.165) is 12.8 Å². The molecule has 1 aliphatic heterocycles. The number of hydrogen-bond acceptors (Lipinski definition) is 5. The molecule has 0 radical (unpaired) electrons. The van der Waals surface area contributed by atoms with Gasteiger partial charge in [0.1, 0.15) is 6.23 Å². The molecule has 0 aromatic heterocycles. The number of carbonyl (C=O) groups is 2. The Kier molecular flexibility index (Phi) is 3.02. The quantitative estimate of drug-likeness (QED) is 0.750. The van der Waals surface area contributed by atoms with Crippen LogP contribution in [0.5, 0.6) is 0 Å². The largest absolute Gasteiger partial charge is 0.465 e.